The summed E-state index contributed by atoms with van der Waals surface area (Å²) in [6, 6.07) is 17.8. The number of carbonyl (C=O) groups is 1. The van der Waals surface area contributed by atoms with Crippen LogP contribution in [0, 0.1) is 0 Å². The van der Waals surface area contributed by atoms with Gasteiger partial charge in [-0.25, -0.2) is 0 Å². The molecule has 1 amide bonds. The third-order valence-corrected chi connectivity index (χ3v) is 3.38. The summed E-state index contributed by atoms with van der Waals surface area (Å²) in [5.41, 5.74) is 2.14. The van der Waals surface area contributed by atoms with Crippen LogP contribution in [-0.2, 0) is 16.1 Å². The molecule has 0 aliphatic carbocycles. The van der Waals surface area contributed by atoms with E-state index in [0.29, 0.717) is 13.2 Å². The van der Waals surface area contributed by atoms with Crippen molar-refractivity contribution in [2.75, 3.05) is 13.2 Å². The van der Waals surface area contributed by atoms with Gasteiger partial charge in [-0.2, -0.15) is 0 Å². The molecular weight excluding hydrogens is 266 g/mol. The highest BCUT2D eigenvalue weighted by molar-refractivity contribution is 5.77. The Morgan fingerprint density at radius 2 is 2.00 bits per heavy atom. The van der Waals surface area contributed by atoms with E-state index >= 15 is 0 Å². The largest absolute Gasteiger partial charge is 0.489 e. The van der Waals surface area contributed by atoms with Gasteiger partial charge >= 0.3 is 0 Å². The molecule has 2 aromatic carbocycles. The van der Waals surface area contributed by atoms with E-state index in [0.717, 1.165) is 16.9 Å². The summed E-state index contributed by atoms with van der Waals surface area (Å²) < 4.78 is 11.3. The van der Waals surface area contributed by atoms with Crippen molar-refractivity contribution in [2.45, 2.75) is 12.7 Å². The third kappa shape index (κ3) is 3.61. The number of carbonyl (C=O) groups excluding carboxylic acids is 1. The molecule has 1 heterocycles. The lowest BCUT2D eigenvalue weighted by Gasteiger charge is -2.23. The van der Waals surface area contributed by atoms with E-state index in [1.54, 1.807) is 0 Å². The van der Waals surface area contributed by atoms with Crippen molar-refractivity contribution in [1.29, 1.82) is 0 Å². The van der Waals surface area contributed by atoms with Gasteiger partial charge in [-0.15, -0.1) is 0 Å². The van der Waals surface area contributed by atoms with Crippen molar-refractivity contribution in [3.05, 3.63) is 65.7 Å². The summed E-state index contributed by atoms with van der Waals surface area (Å²) in [6.07, 6.45) is -0.108. The fraction of sp³-hybridized carbons (Fsp3) is 0.235. The van der Waals surface area contributed by atoms with Crippen LogP contribution in [0.1, 0.15) is 17.2 Å². The minimum Gasteiger partial charge on any atom is -0.489 e. The molecule has 0 spiro atoms. The lowest BCUT2D eigenvalue weighted by atomic mass is 10.1. The van der Waals surface area contributed by atoms with Crippen LogP contribution in [0.15, 0.2) is 54.6 Å². The molecule has 1 atom stereocenters. The summed E-state index contributed by atoms with van der Waals surface area (Å²) in [5, 5.41) is 2.80. The van der Waals surface area contributed by atoms with Crippen LogP contribution >= 0.6 is 0 Å². The predicted molar refractivity (Wildman–Crippen MR) is 78.9 cm³/mol. The second kappa shape index (κ2) is 6.41. The van der Waals surface area contributed by atoms with Gasteiger partial charge < -0.3 is 14.8 Å². The molecule has 3 rings (SSSR count). The molecular formula is C17H17NO3. The number of morpholine rings is 1. The van der Waals surface area contributed by atoms with E-state index in [4.69, 9.17) is 9.47 Å². The van der Waals surface area contributed by atoms with E-state index < -0.39 is 0 Å². The molecule has 2 aromatic rings. The van der Waals surface area contributed by atoms with Crippen molar-refractivity contribution in [2.24, 2.45) is 0 Å². The summed E-state index contributed by atoms with van der Waals surface area (Å²) in [6.45, 7) is 1.15. The molecule has 1 saturated heterocycles. The minimum absolute atomic E-state index is 0.0669. The molecule has 21 heavy (non-hydrogen) atoms. The number of amides is 1. The molecule has 4 heteroatoms. The minimum atomic E-state index is -0.108. The Labute approximate surface area is 123 Å². The summed E-state index contributed by atoms with van der Waals surface area (Å²) in [7, 11) is 0. The zero-order chi connectivity index (χ0) is 14.5. The monoisotopic (exact) mass is 283 g/mol. The van der Waals surface area contributed by atoms with Gasteiger partial charge in [0.1, 0.15) is 25.1 Å². The summed E-state index contributed by atoms with van der Waals surface area (Å²) in [4.78, 5) is 11.1. The van der Waals surface area contributed by atoms with Crippen molar-refractivity contribution < 1.29 is 14.3 Å². The van der Waals surface area contributed by atoms with Gasteiger partial charge in [0, 0.05) is 6.54 Å². The van der Waals surface area contributed by atoms with Gasteiger partial charge in [0.05, 0.1) is 0 Å². The Hall–Kier alpha value is -2.33. The number of benzene rings is 2. The van der Waals surface area contributed by atoms with Gasteiger partial charge in [0.2, 0.25) is 5.91 Å². The molecule has 4 nitrogen and oxygen atoms in total. The quantitative estimate of drug-likeness (QED) is 0.937. The van der Waals surface area contributed by atoms with E-state index in [-0.39, 0.29) is 18.6 Å². The lowest BCUT2D eigenvalue weighted by Crippen LogP contribution is -2.38. The molecule has 1 N–H and O–H groups in total. The second-order valence-electron chi connectivity index (χ2n) is 4.95. The fourth-order valence-corrected chi connectivity index (χ4v) is 2.25. The van der Waals surface area contributed by atoms with E-state index in [9.17, 15) is 4.79 Å². The van der Waals surface area contributed by atoms with Crippen molar-refractivity contribution in [1.82, 2.24) is 5.32 Å². The molecule has 0 unspecified atom stereocenters. The topological polar surface area (TPSA) is 47.6 Å². The smallest absolute Gasteiger partial charge is 0.246 e. The number of ether oxygens (including phenoxy) is 2. The first kappa shape index (κ1) is 13.6. The maximum absolute atomic E-state index is 11.1. The highest BCUT2D eigenvalue weighted by Gasteiger charge is 2.20. The van der Waals surface area contributed by atoms with Crippen LogP contribution in [0.25, 0.3) is 0 Å². The average molecular weight is 283 g/mol. The van der Waals surface area contributed by atoms with Crippen LogP contribution in [0.5, 0.6) is 5.75 Å². The Kier molecular flexibility index (Phi) is 4.17. The number of nitrogens with one attached hydrogen (secondary N) is 1. The first-order chi connectivity index (χ1) is 10.3. The highest BCUT2D eigenvalue weighted by atomic mass is 16.5. The Morgan fingerprint density at radius 3 is 2.76 bits per heavy atom. The van der Waals surface area contributed by atoms with E-state index in [1.807, 2.05) is 54.6 Å². The van der Waals surface area contributed by atoms with Gasteiger partial charge in [-0.05, 0) is 23.3 Å². The first-order valence-corrected chi connectivity index (χ1v) is 6.96. The predicted octanol–water partition coefficient (Wildman–Crippen LogP) is 2.45. The van der Waals surface area contributed by atoms with Gasteiger partial charge in [-0.3, -0.25) is 4.79 Å². The summed E-state index contributed by atoms with van der Waals surface area (Å²) in [5.74, 6) is 0.736. The second-order valence-corrected chi connectivity index (χ2v) is 4.95. The maximum atomic E-state index is 11.1. The van der Waals surface area contributed by atoms with Crippen molar-refractivity contribution in [3.63, 3.8) is 0 Å². The number of hydrogen-bond acceptors (Lipinski definition) is 3. The standard InChI is InChI=1S/C17H17NO3/c19-17-12-21-16(10-18-17)14-7-4-8-15(9-14)20-11-13-5-2-1-3-6-13/h1-9,16H,10-12H2,(H,18,19)/t16-/m1/s1. The zero-order valence-electron chi connectivity index (χ0n) is 11.6. The van der Waals surface area contributed by atoms with Crippen LogP contribution < -0.4 is 10.1 Å². The molecule has 1 aliphatic heterocycles. The number of rotatable bonds is 4. The molecule has 0 aromatic heterocycles. The zero-order valence-corrected chi connectivity index (χ0v) is 11.6. The van der Waals surface area contributed by atoms with Gasteiger partial charge in [-0.1, -0.05) is 42.5 Å². The SMILES string of the molecule is O=C1CO[C@@H](c2cccc(OCc3ccccc3)c2)CN1. The fourth-order valence-electron chi connectivity index (χ4n) is 2.25. The Bertz CT molecular complexity index is 602. The molecule has 1 fully saturated rings. The number of hydrogen-bond donors (Lipinski definition) is 1. The lowest BCUT2D eigenvalue weighted by molar-refractivity contribution is -0.133. The Balaban J connectivity index is 1.64. The van der Waals surface area contributed by atoms with E-state index in [1.165, 1.54) is 0 Å². The first-order valence-electron chi connectivity index (χ1n) is 6.96. The Morgan fingerprint density at radius 1 is 1.14 bits per heavy atom. The van der Waals surface area contributed by atoms with Crippen LogP contribution in [0.4, 0.5) is 0 Å². The van der Waals surface area contributed by atoms with Gasteiger partial charge in [0.25, 0.3) is 0 Å². The molecule has 0 radical (unpaired) electrons. The molecule has 0 bridgehead atoms. The average Bonchev–Trinajstić information content (AvgIpc) is 2.55. The normalized spacial score (nSPS) is 18.1. The van der Waals surface area contributed by atoms with Gasteiger partial charge in [0.15, 0.2) is 0 Å². The van der Waals surface area contributed by atoms with Crippen LogP contribution in [-0.4, -0.2) is 19.1 Å². The third-order valence-electron chi connectivity index (χ3n) is 3.38. The molecule has 108 valence electrons. The van der Waals surface area contributed by atoms with E-state index in [2.05, 4.69) is 5.32 Å². The molecule has 0 saturated carbocycles. The van der Waals surface area contributed by atoms with Crippen molar-refractivity contribution >= 4 is 5.91 Å². The van der Waals surface area contributed by atoms with Crippen LogP contribution in [0.3, 0.4) is 0 Å². The highest BCUT2D eigenvalue weighted by Crippen LogP contribution is 2.23. The maximum Gasteiger partial charge on any atom is 0.246 e. The van der Waals surface area contributed by atoms with Crippen LogP contribution in [0.2, 0.25) is 0 Å². The molecule has 1 aliphatic rings. The van der Waals surface area contributed by atoms with Crippen molar-refractivity contribution in [3.8, 4) is 5.75 Å². The summed E-state index contributed by atoms with van der Waals surface area (Å²) >= 11 is 0.